The molecule has 0 saturated carbocycles. The van der Waals surface area contributed by atoms with Gasteiger partial charge in [-0.25, -0.2) is 0 Å². The van der Waals surface area contributed by atoms with Gasteiger partial charge in [0.15, 0.2) is 6.10 Å². The van der Waals surface area contributed by atoms with Crippen LogP contribution in [0.25, 0.3) is 0 Å². The molecule has 0 N–H and O–H groups in total. The van der Waals surface area contributed by atoms with Crippen molar-refractivity contribution in [2.75, 3.05) is 13.2 Å². The minimum Gasteiger partial charge on any atom is -0.462 e. The third kappa shape index (κ3) is 39.6. The van der Waals surface area contributed by atoms with Crippen molar-refractivity contribution in [3.05, 3.63) is 0 Å². The molecule has 1 atom stereocenters. The summed E-state index contributed by atoms with van der Waals surface area (Å²) in [7, 11) is 0. The maximum absolute atomic E-state index is 12.7. The Hall–Kier alpha value is -1.59. The Morgan fingerprint density at radius 1 is 0.365 bits per heavy atom. The summed E-state index contributed by atoms with van der Waals surface area (Å²) >= 11 is 0. The van der Waals surface area contributed by atoms with Crippen molar-refractivity contribution in [2.45, 2.75) is 259 Å². The average molecular weight is 737 g/mol. The van der Waals surface area contributed by atoms with E-state index in [-0.39, 0.29) is 31.1 Å². The van der Waals surface area contributed by atoms with Gasteiger partial charge in [0.25, 0.3) is 0 Å². The van der Waals surface area contributed by atoms with Crippen LogP contribution in [0.15, 0.2) is 0 Å². The van der Waals surface area contributed by atoms with Crippen LogP contribution in [0.3, 0.4) is 0 Å². The molecule has 0 aliphatic rings. The van der Waals surface area contributed by atoms with E-state index in [0.29, 0.717) is 19.3 Å². The van der Waals surface area contributed by atoms with Crippen molar-refractivity contribution in [3.63, 3.8) is 0 Å². The zero-order valence-electron chi connectivity index (χ0n) is 35.3. The molecule has 0 aromatic heterocycles. The van der Waals surface area contributed by atoms with Crippen molar-refractivity contribution >= 4 is 17.9 Å². The highest BCUT2D eigenvalue weighted by Gasteiger charge is 2.19. The highest BCUT2D eigenvalue weighted by atomic mass is 16.6. The zero-order valence-corrected chi connectivity index (χ0v) is 35.3. The van der Waals surface area contributed by atoms with Gasteiger partial charge in [-0.05, 0) is 25.2 Å². The molecule has 6 heteroatoms. The van der Waals surface area contributed by atoms with E-state index in [1.165, 1.54) is 148 Å². The molecule has 0 heterocycles. The predicted molar refractivity (Wildman–Crippen MR) is 220 cm³/mol. The summed E-state index contributed by atoms with van der Waals surface area (Å²) in [5, 5.41) is 0. The predicted octanol–water partition coefficient (Wildman–Crippen LogP) is 14.3. The highest BCUT2D eigenvalue weighted by Crippen LogP contribution is 2.16. The average Bonchev–Trinajstić information content (AvgIpc) is 3.12. The number of carbonyl (C=O) groups is 3. The molecule has 0 amide bonds. The number of rotatable bonds is 41. The molecular weight excluding hydrogens is 648 g/mol. The van der Waals surface area contributed by atoms with Gasteiger partial charge in [-0.1, -0.05) is 214 Å². The van der Waals surface area contributed by atoms with Crippen LogP contribution in [0.1, 0.15) is 252 Å². The molecule has 0 bridgehead atoms. The van der Waals surface area contributed by atoms with Gasteiger partial charge < -0.3 is 14.2 Å². The van der Waals surface area contributed by atoms with Crippen molar-refractivity contribution < 1.29 is 28.6 Å². The van der Waals surface area contributed by atoms with Crippen LogP contribution in [-0.4, -0.2) is 37.2 Å². The third-order valence-corrected chi connectivity index (χ3v) is 10.3. The second-order valence-corrected chi connectivity index (χ2v) is 16.2. The molecule has 0 rings (SSSR count). The molecule has 0 aromatic rings. The molecule has 0 radical (unpaired) electrons. The fourth-order valence-corrected chi connectivity index (χ4v) is 6.80. The van der Waals surface area contributed by atoms with Gasteiger partial charge in [-0.3, -0.25) is 14.4 Å². The van der Waals surface area contributed by atoms with Gasteiger partial charge in [0.1, 0.15) is 13.2 Å². The molecule has 0 aromatic carbocycles. The van der Waals surface area contributed by atoms with Crippen LogP contribution in [0.2, 0.25) is 0 Å². The highest BCUT2D eigenvalue weighted by molar-refractivity contribution is 5.71. The lowest BCUT2D eigenvalue weighted by Gasteiger charge is -2.18. The van der Waals surface area contributed by atoms with Gasteiger partial charge in [0.05, 0.1) is 0 Å². The molecule has 52 heavy (non-hydrogen) atoms. The lowest BCUT2D eigenvalue weighted by atomic mass is 10.0. The summed E-state index contributed by atoms with van der Waals surface area (Å²) in [5.41, 5.74) is 0. The first kappa shape index (κ1) is 50.4. The topological polar surface area (TPSA) is 78.9 Å². The molecule has 0 saturated heterocycles. The first-order valence-corrected chi connectivity index (χ1v) is 22.9. The SMILES string of the molecule is CCCCCCCCCCCCCCCCC(=O)O[C@H](COC(=O)CCCCCCCCCCCCC)COC(=O)CCCCCCCCC(C)C. The first-order valence-electron chi connectivity index (χ1n) is 22.9. The number of hydrogen-bond acceptors (Lipinski definition) is 6. The van der Waals surface area contributed by atoms with Gasteiger partial charge in [0, 0.05) is 19.3 Å². The molecule has 0 fully saturated rings. The van der Waals surface area contributed by atoms with E-state index in [2.05, 4.69) is 27.7 Å². The van der Waals surface area contributed by atoms with E-state index in [9.17, 15) is 14.4 Å². The molecule has 0 aliphatic carbocycles. The standard InChI is InChI=1S/C46H88O6/c1-5-7-9-11-13-15-17-18-19-21-23-25-31-35-39-46(49)52-43(41-51-45(48)38-34-30-27-26-28-32-36-42(3)4)40-50-44(47)37-33-29-24-22-20-16-14-12-10-8-6-2/h42-43H,5-41H2,1-4H3/t43-/m1/s1. The smallest absolute Gasteiger partial charge is 0.306 e. The Labute approximate surface area is 323 Å². The quantitative estimate of drug-likeness (QED) is 0.0353. The molecule has 0 unspecified atom stereocenters. The Morgan fingerprint density at radius 3 is 0.942 bits per heavy atom. The van der Waals surface area contributed by atoms with Crippen LogP contribution >= 0.6 is 0 Å². The second kappa shape index (κ2) is 40.6. The lowest BCUT2D eigenvalue weighted by molar-refractivity contribution is -0.167. The fourth-order valence-electron chi connectivity index (χ4n) is 6.80. The third-order valence-electron chi connectivity index (χ3n) is 10.3. The Balaban J connectivity index is 4.31. The summed E-state index contributed by atoms with van der Waals surface area (Å²) in [6, 6.07) is 0. The van der Waals surface area contributed by atoms with Crippen molar-refractivity contribution in [1.29, 1.82) is 0 Å². The van der Waals surface area contributed by atoms with Crippen LogP contribution in [0.5, 0.6) is 0 Å². The van der Waals surface area contributed by atoms with Gasteiger partial charge in [-0.2, -0.15) is 0 Å². The summed E-state index contributed by atoms with van der Waals surface area (Å²) in [6.07, 6.45) is 39.5. The summed E-state index contributed by atoms with van der Waals surface area (Å²) in [5.74, 6) is -0.0949. The first-order chi connectivity index (χ1) is 25.4. The van der Waals surface area contributed by atoms with E-state index in [1.54, 1.807) is 0 Å². The van der Waals surface area contributed by atoms with Gasteiger partial charge in [0.2, 0.25) is 0 Å². The summed E-state index contributed by atoms with van der Waals surface area (Å²) in [6.45, 7) is 8.92. The second-order valence-electron chi connectivity index (χ2n) is 16.2. The lowest BCUT2D eigenvalue weighted by Crippen LogP contribution is -2.30. The Bertz CT molecular complexity index is 781. The van der Waals surface area contributed by atoms with Crippen LogP contribution in [0.4, 0.5) is 0 Å². The minimum atomic E-state index is -0.759. The number of unbranched alkanes of at least 4 members (excludes halogenated alkanes) is 28. The Kier molecular flexibility index (Phi) is 39.4. The van der Waals surface area contributed by atoms with Crippen molar-refractivity contribution in [3.8, 4) is 0 Å². The molecular formula is C46H88O6. The van der Waals surface area contributed by atoms with E-state index in [4.69, 9.17) is 14.2 Å². The maximum Gasteiger partial charge on any atom is 0.306 e. The number of esters is 3. The van der Waals surface area contributed by atoms with E-state index in [0.717, 1.165) is 63.7 Å². The van der Waals surface area contributed by atoms with Crippen LogP contribution in [0, 0.1) is 5.92 Å². The van der Waals surface area contributed by atoms with E-state index >= 15 is 0 Å². The largest absolute Gasteiger partial charge is 0.462 e. The van der Waals surface area contributed by atoms with Crippen LogP contribution in [-0.2, 0) is 28.6 Å². The number of carbonyl (C=O) groups excluding carboxylic acids is 3. The van der Waals surface area contributed by atoms with Crippen LogP contribution < -0.4 is 0 Å². The minimum absolute atomic E-state index is 0.0645. The monoisotopic (exact) mass is 737 g/mol. The molecule has 308 valence electrons. The normalized spacial score (nSPS) is 11.9. The van der Waals surface area contributed by atoms with Crippen molar-refractivity contribution in [2.24, 2.45) is 5.92 Å². The molecule has 0 spiro atoms. The zero-order chi connectivity index (χ0) is 38.2. The summed E-state index contributed by atoms with van der Waals surface area (Å²) < 4.78 is 16.7. The fraction of sp³-hybridized carbons (Fsp3) is 0.935. The molecule has 6 nitrogen and oxygen atoms in total. The Morgan fingerprint density at radius 2 is 0.635 bits per heavy atom. The van der Waals surface area contributed by atoms with E-state index in [1.807, 2.05) is 0 Å². The summed E-state index contributed by atoms with van der Waals surface area (Å²) in [4.78, 5) is 37.6. The van der Waals surface area contributed by atoms with Gasteiger partial charge in [-0.15, -0.1) is 0 Å². The van der Waals surface area contributed by atoms with E-state index < -0.39 is 6.10 Å². The molecule has 0 aliphatic heterocycles. The number of hydrogen-bond donors (Lipinski definition) is 0. The van der Waals surface area contributed by atoms with Gasteiger partial charge >= 0.3 is 17.9 Å². The number of ether oxygens (including phenoxy) is 3. The maximum atomic E-state index is 12.7. The van der Waals surface area contributed by atoms with Crippen molar-refractivity contribution in [1.82, 2.24) is 0 Å².